The minimum absolute atomic E-state index is 0.275. The van der Waals surface area contributed by atoms with Crippen LogP contribution < -0.4 is 11.1 Å². The quantitative estimate of drug-likeness (QED) is 0.768. The zero-order valence-electron chi connectivity index (χ0n) is 11.8. The molecule has 0 spiro atoms. The first kappa shape index (κ1) is 15.2. The summed E-state index contributed by atoms with van der Waals surface area (Å²) in [6.45, 7) is 4.16. The average Bonchev–Trinajstić information content (AvgIpc) is 2.40. The van der Waals surface area contributed by atoms with Crippen molar-refractivity contribution in [2.24, 2.45) is 0 Å². The minimum Gasteiger partial charge on any atom is -0.398 e. The Hall–Kier alpha value is -2.17. The third kappa shape index (κ3) is 3.68. The van der Waals surface area contributed by atoms with Crippen LogP contribution in [0.15, 0.2) is 42.5 Å². The lowest BCUT2D eigenvalue weighted by molar-refractivity contribution is -0.136. The Labute approximate surface area is 121 Å². The van der Waals surface area contributed by atoms with Crippen molar-refractivity contribution in [1.29, 1.82) is 0 Å². The Bertz CT molecular complexity index is 616. The van der Waals surface area contributed by atoms with Gasteiger partial charge in [-0.25, -0.2) is 0 Å². The number of nitrogens with one attached hydrogen (secondary N) is 1. The maximum absolute atomic E-state index is 12.8. The summed E-state index contributed by atoms with van der Waals surface area (Å²) >= 11 is 0. The van der Waals surface area contributed by atoms with Gasteiger partial charge in [-0.1, -0.05) is 26.0 Å². The molecule has 0 unspecified atom stereocenters. The highest BCUT2D eigenvalue weighted by atomic mass is 19.4. The predicted molar refractivity (Wildman–Crippen MR) is 79.7 cm³/mol. The van der Waals surface area contributed by atoms with Crippen LogP contribution in [0.5, 0.6) is 0 Å². The highest BCUT2D eigenvalue weighted by molar-refractivity contribution is 5.65. The summed E-state index contributed by atoms with van der Waals surface area (Å²) in [5, 5.41) is 2.95. The van der Waals surface area contributed by atoms with E-state index in [0.717, 1.165) is 11.8 Å². The summed E-state index contributed by atoms with van der Waals surface area (Å²) in [7, 11) is 0. The van der Waals surface area contributed by atoms with Crippen molar-refractivity contribution >= 4 is 17.1 Å². The predicted octanol–water partition coefficient (Wildman–Crippen LogP) is 5.15. The van der Waals surface area contributed by atoms with E-state index in [-0.39, 0.29) is 5.69 Å². The lowest BCUT2D eigenvalue weighted by Gasteiger charge is -2.13. The van der Waals surface area contributed by atoms with Crippen molar-refractivity contribution < 1.29 is 13.2 Å². The fourth-order valence-corrected chi connectivity index (χ4v) is 2.00. The Kier molecular flexibility index (Phi) is 4.11. The second kappa shape index (κ2) is 5.68. The van der Waals surface area contributed by atoms with Gasteiger partial charge in [0, 0.05) is 17.1 Å². The van der Waals surface area contributed by atoms with E-state index >= 15 is 0 Å². The molecule has 0 heterocycles. The van der Waals surface area contributed by atoms with Crippen LogP contribution in [0.25, 0.3) is 0 Å². The first-order chi connectivity index (χ1) is 9.77. The fourth-order valence-electron chi connectivity index (χ4n) is 2.00. The van der Waals surface area contributed by atoms with Gasteiger partial charge in [0.2, 0.25) is 0 Å². The van der Waals surface area contributed by atoms with E-state index in [1.165, 1.54) is 17.7 Å². The van der Waals surface area contributed by atoms with Gasteiger partial charge in [0.1, 0.15) is 0 Å². The molecule has 0 radical (unpaired) electrons. The number of hydrogen-bond donors (Lipinski definition) is 2. The molecule has 2 aromatic rings. The van der Waals surface area contributed by atoms with Crippen LogP contribution in [0.2, 0.25) is 0 Å². The van der Waals surface area contributed by atoms with Crippen LogP contribution in [0, 0.1) is 0 Å². The number of nitrogen functional groups attached to an aromatic ring is 1. The van der Waals surface area contributed by atoms with Gasteiger partial charge < -0.3 is 11.1 Å². The molecular formula is C16H17F3N2. The number of alkyl halides is 3. The van der Waals surface area contributed by atoms with Gasteiger partial charge in [-0.05, 0) is 41.8 Å². The number of nitrogens with two attached hydrogens (primary N) is 1. The Morgan fingerprint density at radius 3 is 2.05 bits per heavy atom. The normalized spacial score (nSPS) is 11.7. The van der Waals surface area contributed by atoms with Crippen LogP contribution in [0.4, 0.5) is 30.2 Å². The van der Waals surface area contributed by atoms with E-state index in [9.17, 15) is 13.2 Å². The molecule has 21 heavy (non-hydrogen) atoms. The van der Waals surface area contributed by atoms with Crippen molar-refractivity contribution in [3.8, 4) is 0 Å². The first-order valence-electron chi connectivity index (χ1n) is 6.61. The molecule has 0 saturated carbocycles. The molecule has 5 heteroatoms. The number of hydrogen-bond acceptors (Lipinski definition) is 2. The summed E-state index contributed by atoms with van der Waals surface area (Å²) in [5.74, 6) is 0.410. The Morgan fingerprint density at radius 2 is 1.52 bits per heavy atom. The van der Waals surface area contributed by atoms with Crippen molar-refractivity contribution in [2.45, 2.75) is 25.9 Å². The van der Waals surface area contributed by atoms with Crippen LogP contribution in [0.1, 0.15) is 30.9 Å². The van der Waals surface area contributed by atoms with E-state index in [2.05, 4.69) is 19.2 Å². The number of anilines is 3. The highest BCUT2D eigenvalue weighted by Crippen LogP contribution is 2.35. The van der Waals surface area contributed by atoms with Crippen LogP contribution in [0.3, 0.4) is 0 Å². The molecule has 0 aliphatic heterocycles. The molecule has 2 rings (SSSR count). The standard InChI is InChI=1S/C16H17F3N2/c1-10(2)11-3-5-12(6-4-11)21-13-7-8-15(20)14(9-13)16(17,18)19/h3-10,21H,20H2,1-2H3. The molecule has 0 atom stereocenters. The molecule has 2 aromatic carbocycles. The molecule has 0 aliphatic carbocycles. The molecule has 0 bridgehead atoms. The Morgan fingerprint density at radius 1 is 0.952 bits per heavy atom. The Balaban J connectivity index is 2.24. The van der Waals surface area contributed by atoms with Gasteiger partial charge in [0.25, 0.3) is 0 Å². The van der Waals surface area contributed by atoms with Crippen LogP contribution in [-0.4, -0.2) is 0 Å². The zero-order valence-corrected chi connectivity index (χ0v) is 11.8. The molecule has 2 nitrogen and oxygen atoms in total. The highest BCUT2D eigenvalue weighted by Gasteiger charge is 2.33. The van der Waals surface area contributed by atoms with Crippen molar-refractivity contribution in [3.05, 3.63) is 53.6 Å². The molecule has 0 saturated heterocycles. The average molecular weight is 294 g/mol. The molecule has 112 valence electrons. The summed E-state index contributed by atoms with van der Waals surface area (Å²) in [5.41, 5.74) is 6.54. The monoisotopic (exact) mass is 294 g/mol. The summed E-state index contributed by atoms with van der Waals surface area (Å²) in [4.78, 5) is 0. The van der Waals surface area contributed by atoms with Gasteiger partial charge in [-0.15, -0.1) is 0 Å². The molecule has 0 amide bonds. The van der Waals surface area contributed by atoms with Crippen LogP contribution in [-0.2, 0) is 6.18 Å². The van der Waals surface area contributed by atoms with Crippen LogP contribution >= 0.6 is 0 Å². The van der Waals surface area contributed by atoms with E-state index in [1.807, 2.05) is 24.3 Å². The van der Waals surface area contributed by atoms with Gasteiger partial charge in [0.05, 0.1) is 5.56 Å². The SMILES string of the molecule is CC(C)c1ccc(Nc2ccc(N)c(C(F)(F)F)c2)cc1. The third-order valence-electron chi connectivity index (χ3n) is 3.22. The van der Waals surface area contributed by atoms with E-state index < -0.39 is 11.7 Å². The summed E-state index contributed by atoms with van der Waals surface area (Å²) < 4.78 is 38.4. The van der Waals surface area contributed by atoms with E-state index in [0.29, 0.717) is 11.6 Å². The van der Waals surface area contributed by atoms with Gasteiger partial charge in [0.15, 0.2) is 0 Å². The van der Waals surface area contributed by atoms with Gasteiger partial charge in [-0.3, -0.25) is 0 Å². The van der Waals surface area contributed by atoms with Gasteiger partial charge >= 0.3 is 6.18 Å². The third-order valence-corrected chi connectivity index (χ3v) is 3.22. The first-order valence-corrected chi connectivity index (χ1v) is 6.61. The van der Waals surface area contributed by atoms with Crippen molar-refractivity contribution in [3.63, 3.8) is 0 Å². The van der Waals surface area contributed by atoms with E-state index in [1.54, 1.807) is 0 Å². The van der Waals surface area contributed by atoms with E-state index in [4.69, 9.17) is 5.73 Å². The summed E-state index contributed by atoms with van der Waals surface area (Å²) in [6.07, 6.45) is -4.46. The zero-order chi connectivity index (χ0) is 15.6. The van der Waals surface area contributed by atoms with Crippen molar-refractivity contribution in [2.75, 3.05) is 11.1 Å². The maximum Gasteiger partial charge on any atom is 0.418 e. The molecule has 3 N–H and O–H groups in total. The largest absolute Gasteiger partial charge is 0.418 e. The maximum atomic E-state index is 12.8. The lowest BCUT2D eigenvalue weighted by Crippen LogP contribution is -2.09. The summed E-state index contributed by atoms with van der Waals surface area (Å²) in [6, 6.07) is 11.4. The van der Waals surface area contributed by atoms with Crippen molar-refractivity contribution in [1.82, 2.24) is 0 Å². The number of benzene rings is 2. The molecular weight excluding hydrogens is 277 g/mol. The lowest BCUT2D eigenvalue weighted by atomic mass is 10.0. The molecule has 0 fully saturated rings. The number of halogens is 3. The molecule has 0 aromatic heterocycles. The number of rotatable bonds is 3. The van der Waals surface area contributed by atoms with Gasteiger partial charge in [-0.2, -0.15) is 13.2 Å². The fraction of sp³-hybridized carbons (Fsp3) is 0.250. The smallest absolute Gasteiger partial charge is 0.398 e. The second-order valence-corrected chi connectivity index (χ2v) is 5.20. The second-order valence-electron chi connectivity index (χ2n) is 5.20. The molecule has 0 aliphatic rings. The minimum atomic E-state index is -4.46. The topological polar surface area (TPSA) is 38.0 Å².